The number of carbonyl (C=O) groups is 2. The summed E-state index contributed by atoms with van der Waals surface area (Å²) < 4.78 is 13.0. The van der Waals surface area contributed by atoms with Crippen molar-refractivity contribution in [3.8, 4) is 0 Å². The minimum atomic E-state index is -0.902. The zero-order valence-electron chi connectivity index (χ0n) is 11.4. The fourth-order valence-corrected chi connectivity index (χ4v) is 2.06. The lowest BCUT2D eigenvalue weighted by atomic mass is 10.1. The molecule has 0 heterocycles. The van der Waals surface area contributed by atoms with Crippen molar-refractivity contribution in [3.63, 3.8) is 0 Å². The second-order valence-electron chi connectivity index (χ2n) is 4.71. The number of aliphatic carboxylic acids is 1. The van der Waals surface area contributed by atoms with Gasteiger partial charge in [-0.2, -0.15) is 0 Å². The van der Waals surface area contributed by atoms with Crippen LogP contribution in [0.5, 0.6) is 0 Å². The van der Waals surface area contributed by atoms with E-state index in [0.717, 1.165) is 6.07 Å². The van der Waals surface area contributed by atoms with Gasteiger partial charge in [-0.25, -0.2) is 4.39 Å². The van der Waals surface area contributed by atoms with Gasteiger partial charge in [0, 0.05) is 19.0 Å². The van der Waals surface area contributed by atoms with Gasteiger partial charge >= 0.3 is 5.97 Å². The lowest BCUT2D eigenvalue weighted by molar-refractivity contribution is -0.137. The summed E-state index contributed by atoms with van der Waals surface area (Å²) in [6.45, 7) is 3.97. The van der Waals surface area contributed by atoms with Crippen LogP contribution in [0.15, 0.2) is 18.2 Å². The third kappa shape index (κ3) is 4.49. The maximum atomic E-state index is 13.0. The number of carboxylic acids is 1. The van der Waals surface area contributed by atoms with E-state index in [9.17, 15) is 14.0 Å². The number of hydrogen-bond donors (Lipinski definition) is 1. The molecule has 20 heavy (non-hydrogen) atoms. The summed E-state index contributed by atoms with van der Waals surface area (Å²) in [5, 5.41) is 8.68. The van der Waals surface area contributed by atoms with Gasteiger partial charge in [-0.05, 0) is 38.5 Å². The van der Waals surface area contributed by atoms with Crippen molar-refractivity contribution >= 4 is 23.5 Å². The topological polar surface area (TPSA) is 57.6 Å². The average Bonchev–Trinajstić information content (AvgIpc) is 2.33. The average molecular weight is 302 g/mol. The van der Waals surface area contributed by atoms with Crippen LogP contribution in [-0.2, 0) is 4.79 Å². The van der Waals surface area contributed by atoms with Crippen LogP contribution in [0.2, 0.25) is 5.02 Å². The lowest BCUT2D eigenvalue weighted by Gasteiger charge is -2.27. The third-order valence-corrected chi connectivity index (χ3v) is 3.15. The molecule has 110 valence electrons. The second kappa shape index (κ2) is 7.24. The first-order chi connectivity index (χ1) is 9.32. The molecular weight excluding hydrogens is 285 g/mol. The van der Waals surface area contributed by atoms with Gasteiger partial charge in [-0.1, -0.05) is 11.6 Å². The van der Waals surface area contributed by atoms with Gasteiger partial charge in [0.1, 0.15) is 5.82 Å². The van der Waals surface area contributed by atoms with Crippen molar-refractivity contribution in [2.45, 2.75) is 32.7 Å². The second-order valence-corrected chi connectivity index (χ2v) is 5.12. The van der Waals surface area contributed by atoms with Crippen LogP contribution in [0.3, 0.4) is 0 Å². The van der Waals surface area contributed by atoms with E-state index in [1.54, 1.807) is 0 Å². The molecule has 0 unspecified atom stereocenters. The number of hydrogen-bond acceptors (Lipinski definition) is 2. The van der Waals surface area contributed by atoms with Crippen LogP contribution in [0, 0.1) is 5.82 Å². The normalized spacial score (nSPS) is 10.7. The molecule has 6 heteroatoms. The van der Waals surface area contributed by atoms with E-state index in [2.05, 4.69) is 0 Å². The van der Waals surface area contributed by atoms with Gasteiger partial charge in [0.25, 0.3) is 5.91 Å². The molecule has 0 aliphatic rings. The van der Waals surface area contributed by atoms with Crippen molar-refractivity contribution in [3.05, 3.63) is 34.6 Å². The van der Waals surface area contributed by atoms with Gasteiger partial charge in [-0.3, -0.25) is 9.59 Å². The number of carbonyl (C=O) groups excluding carboxylic acids is 1. The third-order valence-electron chi connectivity index (χ3n) is 2.84. The van der Waals surface area contributed by atoms with E-state index in [1.807, 2.05) is 13.8 Å². The molecular formula is C14H17ClFNO3. The summed E-state index contributed by atoms with van der Waals surface area (Å²) in [6.07, 6.45) is 0.353. The Balaban J connectivity index is 2.85. The molecule has 0 aliphatic carbocycles. The minimum Gasteiger partial charge on any atom is -0.481 e. The number of carboxylic acid groups (broad SMARTS) is 1. The molecule has 0 aromatic heterocycles. The number of benzene rings is 1. The Morgan fingerprint density at radius 2 is 2.05 bits per heavy atom. The van der Waals surface area contributed by atoms with E-state index in [-0.39, 0.29) is 29.0 Å². The fourth-order valence-electron chi connectivity index (χ4n) is 1.81. The molecule has 1 amide bonds. The first kappa shape index (κ1) is 16.4. The Kier molecular flexibility index (Phi) is 5.95. The van der Waals surface area contributed by atoms with E-state index in [4.69, 9.17) is 16.7 Å². The van der Waals surface area contributed by atoms with Crippen LogP contribution in [0.1, 0.15) is 37.0 Å². The first-order valence-corrected chi connectivity index (χ1v) is 6.68. The monoisotopic (exact) mass is 301 g/mol. The van der Waals surface area contributed by atoms with Crippen LogP contribution < -0.4 is 0 Å². The zero-order chi connectivity index (χ0) is 15.3. The van der Waals surface area contributed by atoms with Crippen molar-refractivity contribution in [2.24, 2.45) is 0 Å². The summed E-state index contributed by atoms with van der Waals surface area (Å²) in [6, 6.07) is 3.50. The Labute approximate surface area is 122 Å². The van der Waals surface area contributed by atoms with Crippen molar-refractivity contribution in [1.29, 1.82) is 0 Å². The minimum absolute atomic E-state index is 0.00630. The van der Waals surface area contributed by atoms with Gasteiger partial charge in [0.05, 0.1) is 10.6 Å². The highest BCUT2D eigenvalue weighted by molar-refractivity contribution is 6.33. The molecule has 0 radical (unpaired) electrons. The van der Waals surface area contributed by atoms with Crippen LogP contribution in [0.4, 0.5) is 4.39 Å². The van der Waals surface area contributed by atoms with Crippen LogP contribution in [-0.4, -0.2) is 34.5 Å². The molecule has 1 N–H and O–H groups in total. The molecule has 4 nitrogen and oxygen atoms in total. The molecule has 0 saturated heterocycles. The molecule has 0 atom stereocenters. The summed E-state index contributed by atoms with van der Waals surface area (Å²) in [5.74, 6) is -1.73. The Hall–Kier alpha value is -1.62. The fraction of sp³-hybridized carbons (Fsp3) is 0.429. The maximum Gasteiger partial charge on any atom is 0.303 e. The zero-order valence-corrected chi connectivity index (χ0v) is 12.2. The van der Waals surface area contributed by atoms with Crippen molar-refractivity contribution in [2.75, 3.05) is 6.54 Å². The van der Waals surface area contributed by atoms with Gasteiger partial charge in [-0.15, -0.1) is 0 Å². The predicted molar refractivity (Wildman–Crippen MR) is 74.5 cm³/mol. The summed E-state index contributed by atoms with van der Waals surface area (Å²) in [5.41, 5.74) is 0.220. The van der Waals surface area contributed by atoms with E-state index in [0.29, 0.717) is 13.0 Å². The largest absolute Gasteiger partial charge is 0.481 e. The smallest absolute Gasteiger partial charge is 0.303 e. The van der Waals surface area contributed by atoms with Gasteiger partial charge in [0.2, 0.25) is 0 Å². The van der Waals surface area contributed by atoms with Gasteiger partial charge in [0.15, 0.2) is 0 Å². The summed E-state index contributed by atoms with van der Waals surface area (Å²) in [7, 11) is 0. The Bertz CT molecular complexity index is 505. The van der Waals surface area contributed by atoms with Crippen LogP contribution in [0.25, 0.3) is 0 Å². The van der Waals surface area contributed by atoms with Crippen molar-refractivity contribution in [1.82, 2.24) is 4.90 Å². The lowest BCUT2D eigenvalue weighted by Crippen LogP contribution is -2.38. The Morgan fingerprint density at radius 3 is 2.55 bits per heavy atom. The van der Waals surface area contributed by atoms with E-state index in [1.165, 1.54) is 17.0 Å². The molecule has 0 spiro atoms. The number of nitrogens with zero attached hydrogens (tertiary/aromatic N) is 1. The molecule has 0 saturated carbocycles. The van der Waals surface area contributed by atoms with Gasteiger partial charge < -0.3 is 10.0 Å². The van der Waals surface area contributed by atoms with E-state index >= 15 is 0 Å². The maximum absolute atomic E-state index is 13.0. The highest BCUT2D eigenvalue weighted by Crippen LogP contribution is 2.20. The molecule has 0 bridgehead atoms. The van der Waals surface area contributed by atoms with Crippen molar-refractivity contribution < 1.29 is 19.1 Å². The predicted octanol–water partition coefficient (Wildman–Crippen LogP) is 3.19. The molecule has 1 aromatic rings. The molecule has 0 aliphatic heterocycles. The van der Waals surface area contributed by atoms with Crippen LogP contribution >= 0.6 is 11.6 Å². The van der Waals surface area contributed by atoms with E-state index < -0.39 is 11.8 Å². The summed E-state index contributed by atoms with van der Waals surface area (Å²) >= 11 is 5.88. The molecule has 0 fully saturated rings. The number of amides is 1. The standard InChI is InChI=1S/C14H17ClFNO3/c1-9(2)17(7-3-4-13(18)19)14(20)11-6-5-10(16)8-12(11)15/h5-6,8-9H,3-4,7H2,1-2H3,(H,18,19). The number of halogens is 2. The molecule has 1 rings (SSSR count). The summed E-state index contributed by atoms with van der Waals surface area (Å²) in [4.78, 5) is 24.4. The number of rotatable bonds is 6. The first-order valence-electron chi connectivity index (χ1n) is 6.30. The SMILES string of the molecule is CC(C)N(CCCC(=O)O)C(=O)c1ccc(F)cc1Cl. The highest BCUT2D eigenvalue weighted by Gasteiger charge is 2.21. The molecule has 1 aromatic carbocycles. The quantitative estimate of drug-likeness (QED) is 0.878. The highest BCUT2D eigenvalue weighted by atomic mass is 35.5. The Morgan fingerprint density at radius 1 is 1.40 bits per heavy atom.